The lowest BCUT2D eigenvalue weighted by molar-refractivity contribution is 0.0601. The van der Waals surface area contributed by atoms with Crippen LogP contribution in [0.2, 0.25) is 0 Å². The van der Waals surface area contributed by atoms with Crippen LogP contribution in [0.15, 0.2) is 18.2 Å². The molecule has 0 aliphatic carbocycles. The zero-order valence-electron chi connectivity index (χ0n) is 11.3. The summed E-state index contributed by atoms with van der Waals surface area (Å²) in [5.41, 5.74) is 7.09. The van der Waals surface area contributed by atoms with Gasteiger partial charge in [-0.2, -0.15) is 0 Å². The third kappa shape index (κ3) is 2.22. The molecule has 1 heterocycles. The van der Waals surface area contributed by atoms with Gasteiger partial charge in [-0.05, 0) is 18.6 Å². The second-order valence-electron chi connectivity index (χ2n) is 4.11. The van der Waals surface area contributed by atoms with Gasteiger partial charge in [0.1, 0.15) is 5.00 Å². The van der Waals surface area contributed by atoms with Gasteiger partial charge in [-0.15, -0.1) is 11.3 Å². The number of hydrogen-bond acceptors (Lipinski definition) is 5. The maximum atomic E-state index is 14.3. The molecule has 2 rings (SSSR count). The zero-order chi connectivity index (χ0) is 14.9. The summed E-state index contributed by atoms with van der Waals surface area (Å²) in [6.07, 6.45) is 0. The highest BCUT2D eigenvalue weighted by Gasteiger charge is 2.23. The summed E-state index contributed by atoms with van der Waals surface area (Å²) in [6, 6.07) is 4.84. The molecule has 0 atom stereocenters. The monoisotopic (exact) mass is 295 g/mol. The number of nitrogens with two attached hydrogens (primary N) is 1. The molecule has 0 radical (unpaired) electrons. The third-order valence-corrected chi connectivity index (χ3v) is 4.15. The van der Waals surface area contributed by atoms with Crippen molar-refractivity contribution in [2.24, 2.45) is 0 Å². The minimum absolute atomic E-state index is 0.147. The molecular formula is C14H14FNO3S. The van der Waals surface area contributed by atoms with Gasteiger partial charge >= 0.3 is 5.97 Å². The van der Waals surface area contributed by atoms with Gasteiger partial charge in [0.25, 0.3) is 0 Å². The first-order valence-corrected chi connectivity index (χ1v) is 6.63. The Morgan fingerprint density at radius 2 is 2.05 bits per heavy atom. The Hall–Kier alpha value is -2.08. The van der Waals surface area contributed by atoms with Crippen molar-refractivity contribution in [3.63, 3.8) is 0 Å². The van der Waals surface area contributed by atoms with E-state index in [9.17, 15) is 9.18 Å². The molecule has 0 aliphatic heterocycles. The maximum absolute atomic E-state index is 14.3. The van der Waals surface area contributed by atoms with Gasteiger partial charge in [0.05, 0.1) is 19.8 Å². The predicted molar refractivity (Wildman–Crippen MR) is 76.8 cm³/mol. The molecule has 0 unspecified atom stereocenters. The van der Waals surface area contributed by atoms with Crippen molar-refractivity contribution in [2.45, 2.75) is 6.92 Å². The number of hydrogen-bond donors (Lipinski definition) is 1. The molecule has 1 aromatic carbocycles. The van der Waals surface area contributed by atoms with Crippen LogP contribution in [0.1, 0.15) is 15.9 Å². The normalized spacial score (nSPS) is 10.4. The van der Waals surface area contributed by atoms with Crippen molar-refractivity contribution >= 4 is 22.3 Å². The lowest BCUT2D eigenvalue weighted by atomic mass is 10.1. The smallest absolute Gasteiger partial charge is 0.341 e. The number of rotatable bonds is 3. The van der Waals surface area contributed by atoms with Crippen LogP contribution in [0.25, 0.3) is 10.4 Å². The molecule has 106 valence electrons. The van der Waals surface area contributed by atoms with E-state index in [1.54, 1.807) is 19.1 Å². The fraction of sp³-hybridized carbons (Fsp3) is 0.214. The minimum atomic E-state index is -0.522. The number of anilines is 1. The molecule has 2 N–H and O–H groups in total. The van der Waals surface area contributed by atoms with E-state index in [4.69, 9.17) is 15.2 Å². The first-order chi connectivity index (χ1) is 9.51. The van der Waals surface area contributed by atoms with Crippen LogP contribution in [0.5, 0.6) is 5.75 Å². The van der Waals surface area contributed by atoms with Crippen LogP contribution < -0.4 is 10.5 Å². The van der Waals surface area contributed by atoms with Gasteiger partial charge in [0, 0.05) is 10.4 Å². The fourth-order valence-electron chi connectivity index (χ4n) is 1.99. The number of halogens is 1. The predicted octanol–water partition coefficient (Wildman–Crippen LogP) is 3.24. The number of benzene rings is 1. The Morgan fingerprint density at radius 3 is 2.65 bits per heavy atom. The molecule has 0 saturated heterocycles. The Morgan fingerprint density at radius 1 is 1.35 bits per heavy atom. The Bertz CT molecular complexity index is 667. The molecule has 0 aliphatic rings. The van der Waals surface area contributed by atoms with E-state index in [1.165, 1.54) is 20.3 Å². The second-order valence-corrected chi connectivity index (χ2v) is 5.16. The number of thiophene rings is 1. The van der Waals surface area contributed by atoms with Gasteiger partial charge in [0.2, 0.25) is 0 Å². The standard InChI is InChI=1S/C14H14FNO3S/c1-7-10(14(17)19-3)13(16)20-12(7)8-5-4-6-9(18-2)11(8)15/h4-6H,16H2,1-3H3. The molecule has 2 aromatic rings. The van der Waals surface area contributed by atoms with E-state index in [0.29, 0.717) is 21.0 Å². The van der Waals surface area contributed by atoms with E-state index in [2.05, 4.69) is 0 Å². The van der Waals surface area contributed by atoms with E-state index < -0.39 is 11.8 Å². The summed E-state index contributed by atoms with van der Waals surface area (Å²) in [6.45, 7) is 1.72. The molecule has 0 spiro atoms. The average molecular weight is 295 g/mol. The SMILES string of the molecule is COC(=O)c1c(N)sc(-c2cccc(OC)c2F)c1C. The van der Waals surface area contributed by atoms with Crippen LogP contribution in [0, 0.1) is 12.7 Å². The molecular weight excluding hydrogens is 281 g/mol. The molecule has 6 heteroatoms. The third-order valence-electron chi connectivity index (χ3n) is 2.99. The number of carbonyl (C=O) groups excluding carboxylic acids is 1. The highest BCUT2D eigenvalue weighted by Crippen LogP contribution is 2.41. The summed E-state index contributed by atoms with van der Waals surface area (Å²) >= 11 is 1.15. The van der Waals surface area contributed by atoms with Crippen molar-refractivity contribution in [3.8, 4) is 16.2 Å². The van der Waals surface area contributed by atoms with Gasteiger partial charge < -0.3 is 15.2 Å². The zero-order valence-corrected chi connectivity index (χ0v) is 12.1. The van der Waals surface area contributed by atoms with E-state index in [-0.39, 0.29) is 11.3 Å². The van der Waals surface area contributed by atoms with Crippen LogP contribution in [-0.4, -0.2) is 20.2 Å². The Kier molecular flexibility index (Phi) is 3.94. The van der Waals surface area contributed by atoms with E-state index >= 15 is 0 Å². The summed E-state index contributed by atoms with van der Waals surface area (Å²) < 4.78 is 23.9. The quantitative estimate of drug-likeness (QED) is 0.883. The van der Waals surface area contributed by atoms with Gasteiger partial charge in [-0.3, -0.25) is 0 Å². The number of nitrogen functional groups attached to an aromatic ring is 1. The lowest BCUT2D eigenvalue weighted by Crippen LogP contribution is -2.04. The largest absolute Gasteiger partial charge is 0.494 e. The molecule has 20 heavy (non-hydrogen) atoms. The van der Waals surface area contributed by atoms with Crippen molar-refractivity contribution < 1.29 is 18.7 Å². The molecule has 0 fully saturated rings. The number of carbonyl (C=O) groups is 1. The van der Waals surface area contributed by atoms with Crippen molar-refractivity contribution in [3.05, 3.63) is 35.1 Å². The lowest BCUT2D eigenvalue weighted by Gasteiger charge is -2.07. The molecule has 1 aromatic heterocycles. The number of ether oxygens (including phenoxy) is 2. The Balaban J connectivity index is 2.63. The first-order valence-electron chi connectivity index (χ1n) is 5.81. The minimum Gasteiger partial charge on any atom is -0.494 e. The van der Waals surface area contributed by atoms with Crippen LogP contribution in [-0.2, 0) is 4.74 Å². The van der Waals surface area contributed by atoms with Gasteiger partial charge in [-0.1, -0.05) is 12.1 Å². The van der Waals surface area contributed by atoms with Crippen molar-refractivity contribution in [2.75, 3.05) is 20.0 Å². The number of esters is 1. The average Bonchev–Trinajstić information content (AvgIpc) is 2.73. The molecule has 0 amide bonds. The molecule has 0 bridgehead atoms. The van der Waals surface area contributed by atoms with Crippen molar-refractivity contribution in [1.82, 2.24) is 0 Å². The summed E-state index contributed by atoms with van der Waals surface area (Å²) in [4.78, 5) is 12.3. The summed E-state index contributed by atoms with van der Waals surface area (Å²) in [5.74, 6) is -0.852. The first kappa shape index (κ1) is 14.3. The Labute approximate surface area is 119 Å². The summed E-state index contributed by atoms with van der Waals surface area (Å²) in [7, 11) is 2.68. The van der Waals surface area contributed by atoms with Crippen molar-refractivity contribution in [1.29, 1.82) is 0 Å². The van der Waals surface area contributed by atoms with Crippen LogP contribution in [0.4, 0.5) is 9.39 Å². The van der Waals surface area contributed by atoms with Gasteiger partial charge in [-0.25, -0.2) is 9.18 Å². The van der Waals surface area contributed by atoms with E-state index in [0.717, 1.165) is 11.3 Å². The second kappa shape index (κ2) is 5.50. The fourth-order valence-corrected chi connectivity index (χ4v) is 3.07. The molecule has 4 nitrogen and oxygen atoms in total. The highest BCUT2D eigenvalue weighted by molar-refractivity contribution is 7.19. The highest BCUT2D eigenvalue weighted by atomic mass is 32.1. The van der Waals surface area contributed by atoms with E-state index in [1.807, 2.05) is 0 Å². The summed E-state index contributed by atoms with van der Waals surface area (Å²) in [5, 5.41) is 0.312. The van der Waals surface area contributed by atoms with Gasteiger partial charge in [0.15, 0.2) is 11.6 Å². The number of methoxy groups -OCH3 is 2. The maximum Gasteiger partial charge on any atom is 0.341 e. The molecule has 0 saturated carbocycles. The van der Waals surface area contributed by atoms with Crippen LogP contribution >= 0.6 is 11.3 Å². The topological polar surface area (TPSA) is 61.5 Å². The van der Waals surface area contributed by atoms with Crippen LogP contribution in [0.3, 0.4) is 0 Å².